The number of thiophene rings is 1. The fourth-order valence-electron chi connectivity index (χ4n) is 3.61. The molecule has 3 heterocycles. The van der Waals surface area contributed by atoms with Gasteiger partial charge in [0.05, 0.1) is 10.5 Å². The van der Waals surface area contributed by atoms with E-state index in [4.69, 9.17) is 9.72 Å². The van der Waals surface area contributed by atoms with Crippen molar-refractivity contribution >= 4 is 61.2 Å². The molecule has 1 aliphatic heterocycles. The number of rotatable bonds is 5. The molecule has 8 heteroatoms. The molecule has 35 heavy (non-hydrogen) atoms. The zero-order chi connectivity index (χ0) is 24.4. The van der Waals surface area contributed by atoms with Gasteiger partial charge in [0.15, 0.2) is 0 Å². The van der Waals surface area contributed by atoms with Gasteiger partial charge in [-0.25, -0.2) is 4.98 Å². The van der Waals surface area contributed by atoms with Crippen molar-refractivity contribution in [3.8, 4) is 22.4 Å². The molecule has 0 fully saturated rings. The van der Waals surface area contributed by atoms with Crippen molar-refractivity contribution in [3.63, 3.8) is 0 Å². The molecule has 0 spiro atoms. The number of thiazole rings is 1. The number of nitrogens with one attached hydrogen (secondary N) is 1. The van der Waals surface area contributed by atoms with Gasteiger partial charge >= 0.3 is 0 Å². The summed E-state index contributed by atoms with van der Waals surface area (Å²) in [5.41, 5.74) is 3.45. The smallest absolute Gasteiger partial charge is 0.256 e. The second-order valence-electron chi connectivity index (χ2n) is 7.75. The second kappa shape index (κ2) is 10.0. The molecule has 1 aliphatic rings. The molecule has 1 amide bonds. The van der Waals surface area contributed by atoms with Gasteiger partial charge < -0.3 is 10.1 Å². The maximum Gasteiger partial charge on any atom is 0.256 e. The molecule has 4 aromatic rings. The monoisotopic (exact) mass is 559 g/mol. The van der Waals surface area contributed by atoms with Crippen LogP contribution in [0.5, 0.6) is 5.75 Å². The van der Waals surface area contributed by atoms with Crippen LogP contribution in [0.2, 0.25) is 0 Å². The first-order valence-electron chi connectivity index (χ1n) is 10.7. The number of aromatic nitrogens is 1. The van der Waals surface area contributed by atoms with E-state index in [0.717, 1.165) is 26.2 Å². The van der Waals surface area contributed by atoms with E-state index in [1.807, 2.05) is 73.0 Å². The molecular formula is C27H18BrN3O2S2. The number of nitriles is 1. The van der Waals surface area contributed by atoms with Crippen LogP contribution in [0.25, 0.3) is 22.2 Å². The number of carbonyl (C=O) groups is 1. The zero-order valence-corrected chi connectivity index (χ0v) is 21.7. The van der Waals surface area contributed by atoms with E-state index < -0.39 is 0 Å². The second-order valence-corrected chi connectivity index (χ2v) is 10.6. The van der Waals surface area contributed by atoms with Crippen molar-refractivity contribution in [1.82, 2.24) is 4.98 Å². The van der Waals surface area contributed by atoms with Gasteiger partial charge in [0.2, 0.25) is 0 Å². The van der Waals surface area contributed by atoms with Gasteiger partial charge in [-0.3, -0.25) is 4.79 Å². The molecule has 5 nitrogen and oxygen atoms in total. The minimum atomic E-state index is -0.235. The number of ether oxygens (including phenoxy) is 1. The van der Waals surface area contributed by atoms with Crippen molar-refractivity contribution in [3.05, 3.63) is 98.3 Å². The van der Waals surface area contributed by atoms with Gasteiger partial charge in [-0.05, 0) is 66.4 Å². The number of nitrogens with zero attached hydrogens (tertiary/aromatic N) is 2. The van der Waals surface area contributed by atoms with Crippen LogP contribution in [0.1, 0.15) is 27.9 Å². The van der Waals surface area contributed by atoms with Gasteiger partial charge in [-0.1, -0.05) is 51.5 Å². The Morgan fingerprint density at radius 3 is 2.71 bits per heavy atom. The Labute approximate surface area is 219 Å². The van der Waals surface area contributed by atoms with Gasteiger partial charge in [0.1, 0.15) is 33.6 Å². The number of halogens is 1. The fraction of sp³-hybridized carbons (Fsp3) is 0.0741. The molecule has 1 unspecified atom stereocenters. The number of anilines is 1. The number of benzene rings is 2. The average Bonchev–Trinajstić information content (AvgIpc) is 3.53. The predicted molar refractivity (Wildman–Crippen MR) is 146 cm³/mol. The third-order valence-electron chi connectivity index (χ3n) is 5.39. The lowest BCUT2D eigenvalue weighted by Gasteiger charge is -2.22. The summed E-state index contributed by atoms with van der Waals surface area (Å²) in [6.07, 6.45) is 3.64. The van der Waals surface area contributed by atoms with E-state index in [9.17, 15) is 10.1 Å². The Morgan fingerprint density at radius 1 is 1.17 bits per heavy atom. The maximum absolute atomic E-state index is 12.9. The highest BCUT2D eigenvalue weighted by atomic mass is 79.9. The lowest BCUT2D eigenvalue weighted by molar-refractivity contribution is 0.102. The summed E-state index contributed by atoms with van der Waals surface area (Å²) in [6.45, 7) is 1.95. The van der Waals surface area contributed by atoms with Crippen molar-refractivity contribution < 1.29 is 9.53 Å². The van der Waals surface area contributed by atoms with E-state index >= 15 is 0 Å². The van der Waals surface area contributed by atoms with Crippen LogP contribution in [0.3, 0.4) is 0 Å². The van der Waals surface area contributed by atoms with Gasteiger partial charge in [-0.2, -0.15) is 5.26 Å². The topological polar surface area (TPSA) is 75.0 Å². The molecule has 0 aliphatic carbocycles. The SMILES string of the molecule is CC1Oc2ccccc2C=C1/C=C(\C#N)c1nc(-c2cccs2)c(NC(=O)c2ccc(Br)cc2)s1. The summed E-state index contributed by atoms with van der Waals surface area (Å²) in [4.78, 5) is 18.6. The van der Waals surface area contributed by atoms with Crippen LogP contribution in [-0.2, 0) is 0 Å². The molecule has 2 aromatic carbocycles. The van der Waals surface area contributed by atoms with Gasteiger partial charge in [-0.15, -0.1) is 11.3 Å². The lowest BCUT2D eigenvalue weighted by Crippen LogP contribution is -2.17. The van der Waals surface area contributed by atoms with E-state index in [0.29, 0.717) is 26.8 Å². The van der Waals surface area contributed by atoms with Crippen LogP contribution in [0.4, 0.5) is 5.00 Å². The predicted octanol–water partition coefficient (Wildman–Crippen LogP) is 7.66. The Bertz CT molecular complexity index is 1500. The molecule has 0 saturated heterocycles. The van der Waals surface area contributed by atoms with Crippen LogP contribution in [0, 0.1) is 11.3 Å². The Balaban J connectivity index is 1.52. The summed E-state index contributed by atoms with van der Waals surface area (Å²) in [5, 5.41) is 16.1. The molecule has 2 aromatic heterocycles. The van der Waals surface area contributed by atoms with E-state index in [1.54, 1.807) is 12.1 Å². The number of amides is 1. The molecule has 0 radical (unpaired) electrons. The minimum absolute atomic E-state index is 0.207. The van der Waals surface area contributed by atoms with E-state index in [2.05, 4.69) is 27.3 Å². The molecule has 5 rings (SSSR count). The Kier molecular flexibility index (Phi) is 6.64. The first-order valence-corrected chi connectivity index (χ1v) is 13.2. The maximum atomic E-state index is 12.9. The van der Waals surface area contributed by atoms with Gasteiger partial charge in [0, 0.05) is 15.6 Å². The van der Waals surface area contributed by atoms with Crippen LogP contribution >= 0.6 is 38.6 Å². The number of allylic oxidation sites excluding steroid dienone is 1. The highest BCUT2D eigenvalue weighted by Crippen LogP contribution is 2.39. The highest BCUT2D eigenvalue weighted by Gasteiger charge is 2.22. The third-order valence-corrected chi connectivity index (χ3v) is 7.80. The summed E-state index contributed by atoms with van der Waals surface area (Å²) in [6, 6.07) is 21.1. The quantitative estimate of drug-likeness (QED) is 0.254. The Morgan fingerprint density at radius 2 is 1.97 bits per heavy atom. The first-order chi connectivity index (χ1) is 17.0. The summed E-state index contributed by atoms with van der Waals surface area (Å²) < 4.78 is 6.92. The van der Waals surface area contributed by atoms with Crippen molar-refractivity contribution in [2.24, 2.45) is 0 Å². The molecule has 0 saturated carbocycles. The number of para-hydroxylation sites is 1. The average molecular weight is 560 g/mol. The number of fused-ring (bicyclic) bond motifs is 1. The molecule has 1 N–H and O–H groups in total. The minimum Gasteiger partial charge on any atom is -0.485 e. The molecule has 172 valence electrons. The molecular weight excluding hydrogens is 542 g/mol. The number of hydrogen-bond acceptors (Lipinski definition) is 6. The highest BCUT2D eigenvalue weighted by molar-refractivity contribution is 9.10. The van der Waals surface area contributed by atoms with Crippen molar-refractivity contribution in [2.45, 2.75) is 13.0 Å². The molecule has 1 atom stereocenters. The van der Waals surface area contributed by atoms with E-state index in [1.165, 1.54) is 22.7 Å². The summed E-state index contributed by atoms with van der Waals surface area (Å²) in [7, 11) is 0. The van der Waals surface area contributed by atoms with Crippen molar-refractivity contribution in [1.29, 1.82) is 5.26 Å². The zero-order valence-electron chi connectivity index (χ0n) is 18.5. The fourth-order valence-corrected chi connectivity index (χ4v) is 5.60. The largest absolute Gasteiger partial charge is 0.485 e. The lowest BCUT2D eigenvalue weighted by atomic mass is 10.0. The van der Waals surface area contributed by atoms with E-state index in [-0.39, 0.29) is 12.0 Å². The number of carbonyl (C=O) groups excluding carboxylic acids is 1. The standard InChI is InChI=1S/C27H18BrN3O2S2/c1-16-19(13-18-5-2-3-6-22(18)33-16)14-20(15-29)26-30-24(23-7-4-12-34-23)27(35-26)31-25(32)17-8-10-21(28)11-9-17/h2-14,16H,1H3,(H,31,32)/b20-14+. The van der Waals surface area contributed by atoms with Crippen LogP contribution < -0.4 is 10.1 Å². The normalized spacial score (nSPS) is 14.9. The Hall–Kier alpha value is -3.51. The molecule has 0 bridgehead atoms. The third kappa shape index (κ3) is 4.98. The van der Waals surface area contributed by atoms with Gasteiger partial charge in [0.25, 0.3) is 5.91 Å². The first kappa shape index (κ1) is 23.2. The number of hydrogen-bond donors (Lipinski definition) is 1. The van der Waals surface area contributed by atoms with Crippen LogP contribution in [-0.4, -0.2) is 17.0 Å². The van der Waals surface area contributed by atoms with Crippen LogP contribution in [0.15, 0.2) is 82.2 Å². The summed E-state index contributed by atoms with van der Waals surface area (Å²) in [5.74, 6) is 0.587. The summed E-state index contributed by atoms with van der Waals surface area (Å²) >= 11 is 6.21. The van der Waals surface area contributed by atoms with Crippen molar-refractivity contribution in [2.75, 3.05) is 5.32 Å².